The molecule has 0 radical (unpaired) electrons. The Morgan fingerprint density at radius 3 is 2.73 bits per heavy atom. The van der Waals surface area contributed by atoms with E-state index in [1.165, 1.54) is 16.8 Å². The summed E-state index contributed by atoms with van der Waals surface area (Å²) in [4.78, 5) is 45.5. The lowest BCUT2D eigenvalue weighted by atomic mass is 10.1. The zero-order valence-corrected chi connectivity index (χ0v) is 16.6. The number of aromatic amines is 1. The minimum Gasteiger partial charge on any atom is -0.490 e. The van der Waals surface area contributed by atoms with Gasteiger partial charge in [-0.15, -0.1) is 0 Å². The Labute approximate surface area is 172 Å². The Morgan fingerprint density at radius 1 is 1.33 bits per heavy atom. The first-order chi connectivity index (χ1) is 14.5. The van der Waals surface area contributed by atoms with Gasteiger partial charge in [0.05, 0.1) is 10.9 Å². The van der Waals surface area contributed by atoms with Crippen molar-refractivity contribution >= 4 is 16.9 Å². The Hall–Kier alpha value is -3.68. The van der Waals surface area contributed by atoms with Gasteiger partial charge >= 0.3 is 5.69 Å². The smallest absolute Gasteiger partial charge is 0.330 e. The van der Waals surface area contributed by atoms with Crippen LogP contribution < -0.4 is 16.0 Å². The Bertz CT molecular complexity index is 1220. The van der Waals surface area contributed by atoms with E-state index in [4.69, 9.17) is 4.74 Å². The lowest BCUT2D eigenvalue weighted by Crippen LogP contribution is -2.31. The Balaban J connectivity index is 1.56. The molecule has 0 spiro atoms. The van der Waals surface area contributed by atoms with Gasteiger partial charge in [0.2, 0.25) is 0 Å². The standard InChI is InChI=1S/C22H22N4O4/c1-3-10-30-17-8-4-14(5-9-17)13-25(2)21(28)15-11-18-19(23-12-15)26(16-6-7-16)22(29)24-20(18)27/h3-5,8-9,11-12,16H,1,6-7,10,13H2,2H3,(H,24,27,29). The van der Waals surface area contributed by atoms with Crippen molar-refractivity contribution in [3.8, 4) is 5.75 Å². The van der Waals surface area contributed by atoms with E-state index in [9.17, 15) is 14.4 Å². The molecule has 1 aromatic carbocycles. The fourth-order valence-electron chi connectivity index (χ4n) is 3.34. The molecular weight excluding hydrogens is 384 g/mol. The fraction of sp³-hybridized carbons (Fsp3) is 0.273. The van der Waals surface area contributed by atoms with Crippen LogP contribution in [0.2, 0.25) is 0 Å². The van der Waals surface area contributed by atoms with Gasteiger partial charge < -0.3 is 9.64 Å². The molecule has 0 saturated heterocycles. The summed E-state index contributed by atoms with van der Waals surface area (Å²) < 4.78 is 6.96. The maximum atomic E-state index is 12.9. The van der Waals surface area contributed by atoms with Gasteiger partial charge in [-0.2, -0.15) is 0 Å². The predicted octanol–water partition coefficient (Wildman–Crippen LogP) is 2.26. The van der Waals surface area contributed by atoms with Gasteiger partial charge in [-0.3, -0.25) is 19.1 Å². The number of H-pyrrole nitrogens is 1. The molecule has 8 heteroatoms. The zero-order valence-electron chi connectivity index (χ0n) is 16.6. The van der Waals surface area contributed by atoms with E-state index >= 15 is 0 Å². The molecule has 0 unspecified atom stereocenters. The van der Waals surface area contributed by atoms with Crippen molar-refractivity contribution in [1.29, 1.82) is 0 Å². The molecule has 0 aliphatic heterocycles. The summed E-state index contributed by atoms with van der Waals surface area (Å²) in [5.74, 6) is 0.465. The van der Waals surface area contributed by atoms with Crippen molar-refractivity contribution in [2.24, 2.45) is 0 Å². The van der Waals surface area contributed by atoms with E-state index < -0.39 is 11.2 Å². The SMILES string of the molecule is C=CCOc1ccc(CN(C)C(=O)c2cnc3c(c2)c(=O)[nH]c(=O)n3C2CC2)cc1. The number of nitrogens with zero attached hydrogens (tertiary/aromatic N) is 3. The van der Waals surface area contributed by atoms with Crippen LogP contribution in [0.4, 0.5) is 0 Å². The number of benzene rings is 1. The highest BCUT2D eigenvalue weighted by molar-refractivity contribution is 5.96. The topological polar surface area (TPSA) is 97.3 Å². The molecular formula is C22H22N4O4. The first kappa shape index (κ1) is 19.6. The molecule has 0 atom stereocenters. The van der Waals surface area contributed by atoms with Crippen molar-refractivity contribution in [3.63, 3.8) is 0 Å². The summed E-state index contributed by atoms with van der Waals surface area (Å²) in [6.45, 7) is 4.43. The van der Waals surface area contributed by atoms with Gasteiger partial charge in [-0.25, -0.2) is 9.78 Å². The van der Waals surface area contributed by atoms with Crippen LogP contribution in [0, 0.1) is 0 Å². The maximum Gasteiger partial charge on any atom is 0.330 e. The van der Waals surface area contributed by atoms with E-state index in [0.29, 0.717) is 24.4 Å². The average molecular weight is 406 g/mol. The normalized spacial score (nSPS) is 13.2. The fourth-order valence-corrected chi connectivity index (χ4v) is 3.34. The Kier molecular flexibility index (Phi) is 5.22. The highest BCUT2D eigenvalue weighted by Gasteiger charge is 2.28. The molecule has 1 saturated carbocycles. The van der Waals surface area contributed by atoms with Gasteiger partial charge in [0.15, 0.2) is 0 Å². The molecule has 154 valence electrons. The average Bonchev–Trinajstić information content (AvgIpc) is 3.57. The van der Waals surface area contributed by atoms with Gasteiger partial charge in [0.25, 0.3) is 11.5 Å². The third-order valence-electron chi connectivity index (χ3n) is 5.00. The number of ether oxygens (including phenoxy) is 1. The quantitative estimate of drug-likeness (QED) is 0.607. The molecule has 1 aliphatic rings. The van der Waals surface area contributed by atoms with Gasteiger partial charge in [-0.05, 0) is 36.6 Å². The molecule has 4 rings (SSSR count). The van der Waals surface area contributed by atoms with E-state index in [0.717, 1.165) is 24.2 Å². The van der Waals surface area contributed by atoms with Crippen molar-refractivity contribution in [2.75, 3.05) is 13.7 Å². The summed E-state index contributed by atoms with van der Waals surface area (Å²) in [5, 5.41) is 0.240. The number of aromatic nitrogens is 3. The molecule has 2 aromatic heterocycles. The van der Waals surface area contributed by atoms with E-state index in [-0.39, 0.29) is 17.3 Å². The summed E-state index contributed by atoms with van der Waals surface area (Å²) in [6, 6.07) is 9.02. The number of hydrogen-bond donors (Lipinski definition) is 1. The van der Waals surface area contributed by atoms with Crippen LogP contribution in [-0.2, 0) is 6.54 Å². The molecule has 3 aromatic rings. The molecule has 2 heterocycles. The monoisotopic (exact) mass is 406 g/mol. The minimum atomic E-state index is -0.535. The number of pyridine rings is 1. The lowest BCUT2D eigenvalue weighted by molar-refractivity contribution is 0.0785. The molecule has 1 N–H and O–H groups in total. The Morgan fingerprint density at radius 2 is 2.07 bits per heavy atom. The summed E-state index contributed by atoms with van der Waals surface area (Å²) in [6.07, 6.45) is 4.85. The highest BCUT2D eigenvalue weighted by atomic mass is 16.5. The van der Waals surface area contributed by atoms with Gasteiger partial charge in [0.1, 0.15) is 18.0 Å². The summed E-state index contributed by atoms with van der Waals surface area (Å²) in [5.41, 5.74) is 0.556. The number of nitrogens with one attached hydrogen (secondary N) is 1. The molecule has 0 bridgehead atoms. The molecule has 1 amide bonds. The van der Waals surface area contributed by atoms with Crippen LogP contribution in [0.15, 0.2) is 58.8 Å². The first-order valence-corrected chi connectivity index (χ1v) is 9.70. The second-order valence-electron chi connectivity index (χ2n) is 7.36. The third kappa shape index (κ3) is 3.89. The first-order valence-electron chi connectivity index (χ1n) is 9.70. The van der Waals surface area contributed by atoms with E-state index in [1.54, 1.807) is 18.0 Å². The number of fused-ring (bicyclic) bond motifs is 1. The maximum absolute atomic E-state index is 12.9. The summed E-state index contributed by atoms with van der Waals surface area (Å²) >= 11 is 0. The largest absolute Gasteiger partial charge is 0.490 e. The number of carbonyl (C=O) groups excluding carboxylic acids is 1. The second kappa shape index (κ2) is 7.98. The zero-order chi connectivity index (χ0) is 21.3. The predicted molar refractivity (Wildman–Crippen MR) is 113 cm³/mol. The third-order valence-corrected chi connectivity index (χ3v) is 5.00. The molecule has 1 aliphatic carbocycles. The van der Waals surface area contributed by atoms with Crippen LogP contribution in [0.25, 0.3) is 11.0 Å². The van der Waals surface area contributed by atoms with Gasteiger partial charge in [0, 0.05) is 25.8 Å². The van der Waals surface area contributed by atoms with Gasteiger partial charge in [-0.1, -0.05) is 24.8 Å². The van der Waals surface area contributed by atoms with Crippen LogP contribution in [0.5, 0.6) is 5.75 Å². The number of amides is 1. The van der Waals surface area contributed by atoms with Crippen LogP contribution >= 0.6 is 0 Å². The lowest BCUT2D eigenvalue weighted by Gasteiger charge is -2.18. The number of carbonyl (C=O) groups is 1. The van der Waals surface area contributed by atoms with Crippen LogP contribution in [0.3, 0.4) is 0 Å². The van der Waals surface area contributed by atoms with Crippen LogP contribution in [-0.4, -0.2) is 39.0 Å². The van der Waals surface area contributed by atoms with Crippen molar-refractivity contribution < 1.29 is 9.53 Å². The van der Waals surface area contributed by atoms with E-state index in [2.05, 4.69) is 16.5 Å². The molecule has 30 heavy (non-hydrogen) atoms. The summed E-state index contributed by atoms with van der Waals surface area (Å²) in [7, 11) is 1.68. The number of hydrogen-bond acceptors (Lipinski definition) is 5. The van der Waals surface area contributed by atoms with Crippen molar-refractivity contribution in [3.05, 3.63) is 81.1 Å². The second-order valence-corrected chi connectivity index (χ2v) is 7.36. The molecule has 1 fully saturated rings. The number of rotatable bonds is 7. The molecule has 8 nitrogen and oxygen atoms in total. The highest BCUT2D eigenvalue weighted by Crippen LogP contribution is 2.34. The van der Waals surface area contributed by atoms with Crippen molar-refractivity contribution in [2.45, 2.75) is 25.4 Å². The minimum absolute atomic E-state index is 0.0620. The van der Waals surface area contributed by atoms with E-state index in [1.807, 2.05) is 24.3 Å². The van der Waals surface area contributed by atoms with Crippen molar-refractivity contribution in [1.82, 2.24) is 19.4 Å². The van der Waals surface area contributed by atoms with Crippen LogP contribution in [0.1, 0.15) is 34.8 Å².